The van der Waals surface area contributed by atoms with Crippen molar-refractivity contribution in [2.24, 2.45) is 5.92 Å². The monoisotopic (exact) mass is 273 g/mol. The van der Waals surface area contributed by atoms with E-state index in [4.69, 9.17) is 0 Å². The fourth-order valence-corrected chi connectivity index (χ4v) is 2.84. The van der Waals surface area contributed by atoms with Crippen molar-refractivity contribution >= 4 is 5.82 Å². The second-order valence-electron chi connectivity index (χ2n) is 7.39. The maximum atomic E-state index is 4.67. The van der Waals surface area contributed by atoms with Gasteiger partial charge in [0.2, 0.25) is 0 Å². The quantitative estimate of drug-likeness (QED) is 0.844. The summed E-state index contributed by atoms with van der Waals surface area (Å²) >= 11 is 0. The summed E-state index contributed by atoms with van der Waals surface area (Å²) in [5.74, 6) is 2.15. The molecule has 1 aromatic rings. The molecule has 0 unspecified atom stereocenters. The zero-order valence-corrected chi connectivity index (χ0v) is 13.1. The van der Waals surface area contributed by atoms with Gasteiger partial charge in [0.15, 0.2) is 0 Å². The Balaban J connectivity index is 1.57. The number of hydrogen-bond acceptors (Lipinski definition) is 3. The van der Waals surface area contributed by atoms with Crippen molar-refractivity contribution in [1.29, 1.82) is 0 Å². The van der Waals surface area contributed by atoms with Gasteiger partial charge in [-0.1, -0.05) is 26.8 Å². The van der Waals surface area contributed by atoms with Crippen molar-refractivity contribution in [2.75, 3.05) is 37.6 Å². The Morgan fingerprint density at radius 3 is 2.30 bits per heavy atom. The highest BCUT2D eigenvalue weighted by molar-refractivity contribution is 5.41. The molecule has 3 heteroatoms. The van der Waals surface area contributed by atoms with Crippen molar-refractivity contribution < 1.29 is 0 Å². The minimum absolute atomic E-state index is 0.189. The maximum Gasteiger partial charge on any atom is 0.128 e. The molecular weight excluding hydrogens is 246 g/mol. The van der Waals surface area contributed by atoms with E-state index in [2.05, 4.69) is 47.7 Å². The second-order valence-corrected chi connectivity index (χ2v) is 7.39. The van der Waals surface area contributed by atoms with Crippen LogP contribution in [0.2, 0.25) is 0 Å². The molecule has 1 saturated heterocycles. The van der Waals surface area contributed by atoms with Crippen LogP contribution in [0.1, 0.15) is 39.2 Å². The van der Waals surface area contributed by atoms with E-state index in [-0.39, 0.29) is 5.41 Å². The van der Waals surface area contributed by atoms with Crippen LogP contribution in [0.15, 0.2) is 18.3 Å². The summed E-state index contributed by atoms with van der Waals surface area (Å²) in [6, 6.07) is 4.43. The molecule has 0 atom stereocenters. The van der Waals surface area contributed by atoms with Crippen LogP contribution in [0.25, 0.3) is 0 Å². The van der Waals surface area contributed by atoms with Crippen LogP contribution in [0.4, 0.5) is 5.82 Å². The van der Waals surface area contributed by atoms with Crippen LogP contribution < -0.4 is 4.90 Å². The Hall–Kier alpha value is -1.09. The number of rotatable bonds is 3. The molecule has 1 saturated carbocycles. The Kier molecular flexibility index (Phi) is 3.72. The van der Waals surface area contributed by atoms with Gasteiger partial charge < -0.3 is 4.90 Å². The molecule has 1 aliphatic carbocycles. The van der Waals surface area contributed by atoms with E-state index in [1.54, 1.807) is 0 Å². The summed E-state index contributed by atoms with van der Waals surface area (Å²) in [6.45, 7) is 12.7. The first kappa shape index (κ1) is 13.9. The number of nitrogens with zero attached hydrogens (tertiary/aromatic N) is 3. The minimum atomic E-state index is 0.189. The minimum Gasteiger partial charge on any atom is -0.354 e. The Bertz CT molecular complexity index is 434. The number of aromatic nitrogens is 1. The van der Waals surface area contributed by atoms with Gasteiger partial charge in [0, 0.05) is 38.9 Å². The molecule has 0 spiro atoms. The zero-order valence-electron chi connectivity index (χ0n) is 13.1. The van der Waals surface area contributed by atoms with Crippen molar-refractivity contribution in [3.8, 4) is 0 Å². The fraction of sp³-hybridized carbons (Fsp3) is 0.706. The molecule has 0 bridgehead atoms. The SMILES string of the molecule is CC(C)(C)c1ccc(N2CCN(CC3CC3)CC2)nc1. The predicted octanol–water partition coefficient (Wildman–Crippen LogP) is 2.91. The van der Waals surface area contributed by atoms with Crippen LogP contribution in [0.3, 0.4) is 0 Å². The van der Waals surface area contributed by atoms with E-state index < -0.39 is 0 Å². The molecule has 2 aliphatic rings. The summed E-state index contributed by atoms with van der Waals surface area (Å²) in [4.78, 5) is 9.72. The molecule has 1 aromatic heterocycles. The maximum absolute atomic E-state index is 4.67. The summed E-state index contributed by atoms with van der Waals surface area (Å²) < 4.78 is 0. The van der Waals surface area contributed by atoms with Gasteiger partial charge in [-0.2, -0.15) is 0 Å². The van der Waals surface area contributed by atoms with Crippen LogP contribution in [-0.4, -0.2) is 42.6 Å². The van der Waals surface area contributed by atoms with Crippen molar-refractivity contribution in [3.63, 3.8) is 0 Å². The standard InChI is InChI=1S/C17H27N3/c1-17(2,3)15-6-7-16(18-12-15)20-10-8-19(9-11-20)13-14-4-5-14/h6-7,12,14H,4-5,8-11,13H2,1-3H3. The lowest BCUT2D eigenvalue weighted by Gasteiger charge is -2.35. The molecule has 2 heterocycles. The molecule has 2 fully saturated rings. The lowest BCUT2D eigenvalue weighted by molar-refractivity contribution is 0.247. The highest BCUT2D eigenvalue weighted by Crippen LogP contribution is 2.30. The molecule has 0 aromatic carbocycles. The van der Waals surface area contributed by atoms with Crippen molar-refractivity contribution in [1.82, 2.24) is 9.88 Å². The van der Waals surface area contributed by atoms with Crippen molar-refractivity contribution in [3.05, 3.63) is 23.9 Å². The molecule has 3 nitrogen and oxygen atoms in total. The average Bonchev–Trinajstić information content (AvgIpc) is 3.23. The highest BCUT2D eigenvalue weighted by Gasteiger charge is 2.26. The second kappa shape index (κ2) is 5.36. The van der Waals surface area contributed by atoms with Gasteiger partial charge in [-0.15, -0.1) is 0 Å². The van der Waals surface area contributed by atoms with E-state index in [9.17, 15) is 0 Å². The third kappa shape index (κ3) is 3.32. The Labute approximate surface area is 123 Å². The van der Waals surface area contributed by atoms with Crippen molar-refractivity contribution in [2.45, 2.75) is 39.0 Å². The molecule has 0 radical (unpaired) electrons. The fourth-order valence-electron chi connectivity index (χ4n) is 2.84. The molecule has 20 heavy (non-hydrogen) atoms. The molecule has 0 N–H and O–H groups in total. The molecule has 3 rings (SSSR count). The van der Waals surface area contributed by atoms with E-state index in [0.29, 0.717) is 0 Å². The molecule has 110 valence electrons. The lowest BCUT2D eigenvalue weighted by atomic mass is 9.88. The third-order valence-electron chi connectivity index (χ3n) is 4.52. The predicted molar refractivity (Wildman–Crippen MR) is 84.3 cm³/mol. The summed E-state index contributed by atoms with van der Waals surface area (Å²) in [7, 11) is 0. The van der Waals surface area contributed by atoms with Gasteiger partial charge in [0.05, 0.1) is 0 Å². The topological polar surface area (TPSA) is 19.4 Å². The molecule has 1 aliphatic heterocycles. The number of pyridine rings is 1. The third-order valence-corrected chi connectivity index (χ3v) is 4.52. The average molecular weight is 273 g/mol. The first-order valence-corrected chi connectivity index (χ1v) is 7.96. The number of piperazine rings is 1. The summed E-state index contributed by atoms with van der Waals surface area (Å²) in [5, 5.41) is 0. The van der Waals surface area contributed by atoms with E-state index >= 15 is 0 Å². The van der Waals surface area contributed by atoms with Gasteiger partial charge in [-0.3, -0.25) is 4.90 Å². The first-order valence-electron chi connectivity index (χ1n) is 7.96. The smallest absolute Gasteiger partial charge is 0.128 e. The van der Waals surface area contributed by atoms with E-state index in [1.165, 1.54) is 38.0 Å². The van der Waals surface area contributed by atoms with Crippen LogP contribution in [0, 0.1) is 5.92 Å². The lowest BCUT2D eigenvalue weighted by Crippen LogP contribution is -2.47. The largest absolute Gasteiger partial charge is 0.354 e. The Morgan fingerprint density at radius 1 is 1.10 bits per heavy atom. The zero-order chi connectivity index (χ0) is 14.2. The van der Waals surface area contributed by atoms with Crippen LogP contribution in [0.5, 0.6) is 0 Å². The summed E-state index contributed by atoms with van der Waals surface area (Å²) in [6.07, 6.45) is 4.96. The van der Waals surface area contributed by atoms with Gasteiger partial charge in [0.1, 0.15) is 5.82 Å². The molecular formula is C17H27N3. The van der Waals surface area contributed by atoms with E-state index in [1.807, 2.05) is 6.20 Å². The first-order chi connectivity index (χ1) is 9.52. The van der Waals surface area contributed by atoms with Gasteiger partial charge in [-0.05, 0) is 35.8 Å². The van der Waals surface area contributed by atoms with Gasteiger partial charge in [-0.25, -0.2) is 4.98 Å². The number of anilines is 1. The normalized spacial score (nSPS) is 21.2. The van der Waals surface area contributed by atoms with E-state index in [0.717, 1.165) is 24.8 Å². The van der Waals surface area contributed by atoms with Gasteiger partial charge in [0.25, 0.3) is 0 Å². The number of hydrogen-bond donors (Lipinski definition) is 0. The van der Waals surface area contributed by atoms with Crippen LogP contribution in [-0.2, 0) is 5.41 Å². The molecule has 0 amide bonds. The Morgan fingerprint density at radius 2 is 1.80 bits per heavy atom. The van der Waals surface area contributed by atoms with Crippen LogP contribution >= 0.6 is 0 Å². The summed E-state index contributed by atoms with van der Waals surface area (Å²) in [5.41, 5.74) is 1.50. The van der Waals surface area contributed by atoms with Gasteiger partial charge >= 0.3 is 0 Å². The highest BCUT2D eigenvalue weighted by atomic mass is 15.3.